The van der Waals surface area contributed by atoms with Crippen molar-refractivity contribution in [1.82, 2.24) is 24.3 Å². The van der Waals surface area contributed by atoms with Gasteiger partial charge in [-0.05, 0) is 36.6 Å². The lowest BCUT2D eigenvalue weighted by molar-refractivity contribution is -0.274. The van der Waals surface area contributed by atoms with Gasteiger partial charge in [-0.2, -0.15) is 9.98 Å². The van der Waals surface area contributed by atoms with E-state index in [0.29, 0.717) is 35.3 Å². The maximum atomic E-state index is 13.2. The number of sulfonamides is 1. The van der Waals surface area contributed by atoms with Crippen LogP contribution >= 0.6 is 11.3 Å². The number of hydrogen-bond acceptors (Lipinski definition) is 8. The summed E-state index contributed by atoms with van der Waals surface area (Å²) in [5, 5.41) is 15.9. The number of pyridine rings is 1. The minimum Gasteiger partial charge on any atom is -0.406 e. The molecule has 3 aromatic heterocycles. The molecule has 0 unspecified atom stereocenters. The molecule has 0 aliphatic heterocycles. The largest absolute Gasteiger partial charge is 0.573 e. The van der Waals surface area contributed by atoms with E-state index in [-0.39, 0.29) is 21.3 Å². The summed E-state index contributed by atoms with van der Waals surface area (Å²) < 4.78 is 97.7. The molecule has 0 radical (unpaired) electrons. The monoisotopic (exact) mass is 556 g/mol. The lowest BCUT2D eigenvalue weighted by Crippen LogP contribution is -2.35. The Morgan fingerprint density at radius 3 is 2.46 bits per heavy atom. The SMILES string of the molecule is N#CC1(NS(=O)(=O)c2cc(-c3ccc(OC(F)(F)F)cc3)c3cnc(-c4nnc(C(F)F)s4)n3c2)CC1. The molecule has 1 aliphatic rings. The van der Waals surface area contributed by atoms with Crippen LogP contribution in [0.3, 0.4) is 0 Å². The van der Waals surface area contributed by atoms with Crippen molar-refractivity contribution in [3.63, 3.8) is 0 Å². The molecule has 3 heterocycles. The Morgan fingerprint density at radius 1 is 1.19 bits per heavy atom. The molecule has 5 rings (SSSR count). The van der Waals surface area contributed by atoms with E-state index in [9.17, 15) is 35.6 Å². The van der Waals surface area contributed by atoms with E-state index >= 15 is 0 Å². The van der Waals surface area contributed by atoms with Crippen LogP contribution in [0.4, 0.5) is 22.0 Å². The molecule has 192 valence electrons. The first-order valence-electron chi connectivity index (χ1n) is 10.3. The first-order chi connectivity index (χ1) is 17.4. The Hall–Kier alpha value is -3.68. The minimum absolute atomic E-state index is 0.00614. The van der Waals surface area contributed by atoms with Crippen LogP contribution in [0, 0.1) is 11.3 Å². The Balaban J connectivity index is 1.66. The van der Waals surface area contributed by atoms with Crippen LogP contribution in [-0.2, 0) is 10.0 Å². The smallest absolute Gasteiger partial charge is 0.406 e. The number of ether oxygens (including phenoxy) is 1. The molecule has 0 atom stereocenters. The molecule has 16 heteroatoms. The van der Waals surface area contributed by atoms with Crippen molar-refractivity contribution in [1.29, 1.82) is 5.26 Å². The maximum absolute atomic E-state index is 13.2. The van der Waals surface area contributed by atoms with Crippen LogP contribution in [0.1, 0.15) is 24.3 Å². The number of halogens is 5. The number of alkyl halides is 5. The van der Waals surface area contributed by atoms with Crippen molar-refractivity contribution < 1.29 is 35.1 Å². The molecule has 0 spiro atoms. The summed E-state index contributed by atoms with van der Waals surface area (Å²) in [5.41, 5.74) is -0.350. The lowest BCUT2D eigenvalue weighted by Gasteiger charge is -2.14. The number of fused-ring (bicyclic) bond motifs is 1. The number of hydrogen-bond donors (Lipinski definition) is 1. The van der Waals surface area contributed by atoms with Crippen molar-refractivity contribution in [2.45, 2.75) is 36.1 Å². The van der Waals surface area contributed by atoms with E-state index in [2.05, 4.69) is 24.6 Å². The summed E-state index contributed by atoms with van der Waals surface area (Å²) >= 11 is 0.573. The molecular weight excluding hydrogens is 543 g/mol. The van der Waals surface area contributed by atoms with Crippen LogP contribution in [-0.4, -0.2) is 39.9 Å². The molecule has 1 aliphatic carbocycles. The highest BCUT2D eigenvalue weighted by Crippen LogP contribution is 2.38. The summed E-state index contributed by atoms with van der Waals surface area (Å²) in [6.45, 7) is 0. The second-order valence-electron chi connectivity index (χ2n) is 8.04. The van der Waals surface area contributed by atoms with Gasteiger partial charge in [-0.3, -0.25) is 4.40 Å². The molecule has 4 aromatic rings. The molecule has 1 N–H and O–H groups in total. The molecule has 0 saturated heterocycles. The van der Waals surface area contributed by atoms with Crippen molar-refractivity contribution in [3.05, 3.63) is 47.7 Å². The van der Waals surface area contributed by atoms with Gasteiger partial charge in [-0.25, -0.2) is 22.2 Å². The fourth-order valence-electron chi connectivity index (χ4n) is 3.54. The normalized spacial score (nSPS) is 15.2. The van der Waals surface area contributed by atoms with Gasteiger partial charge in [0.15, 0.2) is 15.8 Å². The third-order valence-electron chi connectivity index (χ3n) is 5.44. The average Bonchev–Trinajstić information content (AvgIpc) is 3.22. The number of aromatic nitrogens is 4. The molecule has 1 saturated carbocycles. The van der Waals surface area contributed by atoms with Gasteiger partial charge in [0.05, 0.1) is 22.7 Å². The average molecular weight is 556 g/mol. The Morgan fingerprint density at radius 2 is 1.89 bits per heavy atom. The zero-order valence-corrected chi connectivity index (χ0v) is 19.8. The predicted octanol–water partition coefficient (Wildman–Crippen LogP) is 4.69. The molecule has 0 bridgehead atoms. The van der Waals surface area contributed by atoms with E-state index in [1.807, 2.05) is 6.07 Å². The van der Waals surface area contributed by atoms with E-state index in [0.717, 1.165) is 12.1 Å². The van der Waals surface area contributed by atoms with E-state index in [1.54, 1.807) is 0 Å². The molecular formula is C21H13F5N6O3S2. The van der Waals surface area contributed by atoms with E-state index in [1.165, 1.54) is 35.0 Å². The second kappa shape index (κ2) is 8.71. The Labute approximate surface area is 209 Å². The van der Waals surface area contributed by atoms with Gasteiger partial charge >= 0.3 is 6.36 Å². The first-order valence-corrected chi connectivity index (χ1v) is 12.6. The van der Waals surface area contributed by atoms with Crippen LogP contribution < -0.4 is 9.46 Å². The predicted molar refractivity (Wildman–Crippen MR) is 119 cm³/mol. The highest BCUT2D eigenvalue weighted by atomic mass is 32.2. The number of nitriles is 1. The minimum atomic E-state index is -4.90. The molecule has 0 amide bonds. The van der Waals surface area contributed by atoms with Gasteiger partial charge in [0, 0.05) is 11.8 Å². The van der Waals surface area contributed by atoms with Gasteiger partial charge in [0.2, 0.25) is 10.0 Å². The first kappa shape index (κ1) is 25.0. The summed E-state index contributed by atoms with van der Waals surface area (Å²) in [4.78, 5) is 3.91. The topological polar surface area (TPSA) is 122 Å². The Bertz CT molecular complexity index is 1640. The number of rotatable bonds is 7. The van der Waals surface area contributed by atoms with Gasteiger partial charge in [0.25, 0.3) is 6.43 Å². The van der Waals surface area contributed by atoms with Gasteiger partial charge in [0.1, 0.15) is 11.3 Å². The van der Waals surface area contributed by atoms with Crippen molar-refractivity contribution in [2.24, 2.45) is 0 Å². The van der Waals surface area contributed by atoms with Crippen molar-refractivity contribution >= 4 is 26.9 Å². The van der Waals surface area contributed by atoms with Crippen LogP contribution in [0.25, 0.3) is 27.5 Å². The summed E-state index contributed by atoms with van der Waals surface area (Å²) in [7, 11) is -4.25. The highest BCUT2D eigenvalue weighted by molar-refractivity contribution is 7.89. The van der Waals surface area contributed by atoms with Gasteiger partial charge in [-0.1, -0.05) is 23.5 Å². The quantitative estimate of drug-likeness (QED) is 0.328. The van der Waals surface area contributed by atoms with E-state index in [4.69, 9.17) is 0 Å². The zero-order chi connectivity index (χ0) is 26.6. The third kappa shape index (κ3) is 4.97. The zero-order valence-electron chi connectivity index (χ0n) is 18.2. The standard InChI is InChI=1S/C21H13F5N6O3S2/c22-16(23)18-29-30-19(36-18)17-28-8-15-14(11-1-3-12(4-2-11)35-21(24,25)26)7-13(9-32(15)17)37(33,34)31-20(10-27)5-6-20/h1-4,7-9,16,31H,5-6H2. The third-order valence-corrected chi connectivity index (χ3v) is 7.87. The van der Waals surface area contributed by atoms with Crippen molar-refractivity contribution in [2.75, 3.05) is 0 Å². The molecule has 9 nitrogen and oxygen atoms in total. The number of nitrogens with one attached hydrogen (secondary N) is 1. The summed E-state index contributed by atoms with van der Waals surface area (Å²) in [6.07, 6.45) is -4.57. The second-order valence-corrected chi connectivity index (χ2v) is 10.7. The maximum Gasteiger partial charge on any atom is 0.573 e. The fraction of sp³-hybridized carbons (Fsp3) is 0.238. The lowest BCUT2D eigenvalue weighted by atomic mass is 10.1. The summed E-state index contributed by atoms with van der Waals surface area (Å²) in [5.74, 6) is -0.457. The van der Waals surface area contributed by atoms with Crippen LogP contribution in [0.15, 0.2) is 47.6 Å². The van der Waals surface area contributed by atoms with E-state index < -0.39 is 39.1 Å². The Kier molecular flexibility index (Phi) is 5.89. The van der Waals surface area contributed by atoms with Crippen LogP contribution in [0.5, 0.6) is 5.75 Å². The fourth-order valence-corrected chi connectivity index (χ4v) is 5.63. The molecule has 1 fully saturated rings. The number of nitrogens with zero attached hydrogens (tertiary/aromatic N) is 5. The van der Waals surface area contributed by atoms with Crippen LogP contribution in [0.2, 0.25) is 0 Å². The van der Waals surface area contributed by atoms with Gasteiger partial charge in [-0.15, -0.1) is 23.4 Å². The van der Waals surface area contributed by atoms with Crippen molar-refractivity contribution in [3.8, 4) is 33.8 Å². The highest BCUT2D eigenvalue weighted by Gasteiger charge is 2.47. The number of imidazole rings is 1. The summed E-state index contributed by atoms with van der Waals surface area (Å²) in [6, 6.07) is 7.92. The van der Waals surface area contributed by atoms with Gasteiger partial charge < -0.3 is 4.74 Å². The number of benzene rings is 1. The molecule has 37 heavy (non-hydrogen) atoms. The molecule has 1 aromatic carbocycles.